The van der Waals surface area contributed by atoms with E-state index in [0.717, 1.165) is 25.9 Å². The molecule has 0 aliphatic carbocycles. The summed E-state index contributed by atoms with van der Waals surface area (Å²) in [7, 11) is 0. The summed E-state index contributed by atoms with van der Waals surface area (Å²) in [6, 6.07) is 0. The van der Waals surface area contributed by atoms with E-state index in [1.807, 2.05) is 0 Å². The van der Waals surface area contributed by atoms with Crippen LogP contribution < -0.4 is 0 Å². The molecule has 1 rings (SSSR count). The predicted molar refractivity (Wildman–Crippen MR) is 87.8 cm³/mol. The van der Waals surface area contributed by atoms with Crippen LogP contribution >= 0.6 is 0 Å². The van der Waals surface area contributed by atoms with Crippen LogP contribution in [0.4, 0.5) is 0 Å². The van der Waals surface area contributed by atoms with Crippen molar-refractivity contribution in [3.8, 4) is 0 Å². The molecule has 0 bridgehead atoms. The van der Waals surface area contributed by atoms with Gasteiger partial charge in [0.25, 0.3) is 0 Å². The molecule has 0 radical (unpaired) electrons. The fourth-order valence-corrected chi connectivity index (χ4v) is 1.94. The van der Waals surface area contributed by atoms with Gasteiger partial charge in [-0.2, -0.15) is 0 Å². The van der Waals surface area contributed by atoms with Crippen LogP contribution in [-0.2, 0) is 33.2 Å². The summed E-state index contributed by atoms with van der Waals surface area (Å²) in [6.07, 6.45) is 3.19. The highest BCUT2D eigenvalue weighted by molar-refractivity contribution is 5.86. The van der Waals surface area contributed by atoms with Gasteiger partial charge in [-0.15, -0.1) is 0 Å². The van der Waals surface area contributed by atoms with E-state index in [4.69, 9.17) is 28.4 Å². The van der Waals surface area contributed by atoms with E-state index in [-0.39, 0.29) is 12.9 Å². The van der Waals surface area contributed by atoms with Gasteiger partial charge in [-0.25, -0.2) is 4.79 Å². The number of carbonyl (C=O) groups excluding carboxylic acids is 1. The maximum atomic E-state index is 11.1. The van der Waals surface area contributed by atoms with E-state index in [0.29, 0.717) is 51.8 Å². The Morgan fingerprint density at radius 3 is 2.08 bits per heavy atom. The van der Waals surface area contributed by atoms with E-state index < -0.39 is 5.97 Å². The van der Waals surface area contributed by atoms with Gasteiger partial charge in [0.1, 0.15) is 6.61 Å². The minimum Gasteiger partial charge on any atom is -0.460 e. The molecule has 0 aromatic heterocycles. The monoisotopic (exact) mass is 346 g/mol. The molecular formula is C17H30O7. The number of esters is 1. The molecule has 1 atom stereocenters. The van der Waals surface area contributed by atoms with Crippen molar-refractivity contribution in [2.24, 2.45) is 0 Å². The second-order valence-electron chi connectivity index (χ2n) is 5.42. The van der Waals surface area contributed by atoms with Crippen molar-refractivity contribution in [1.82, 2.24) is 0 Å². The molecule has 1 aliphatic heterocycles. The summed E-state index contributed by atoms with van der Waals surface area (Å²) in [6.45, 7) is 9.49. The molecule has 0 spiro atoms. The first-order valence-electron chi connectivity index (χ1n) is 8.49. The smallest absolute Gasteiger partial charge is 0.333 e. The van der Waals surface area contributed by atoms with Crippen LogP contribution in [0.25, 0.3) is 0 Å². The second-order valence-corrected chi connectivity index (χ2v) is 5.42. The highest BCUT2D eigenvalue weighted by Gasteiger charge is 2.13. The molecule has 7 heteroatoms. The van der Waals surface area contributed by atoms with Crippen LogP contribution in [0.5, 0.6) is 0 Å². The van der Waals surface area contributed by atoms with Crippen molar-refractivity contribution in [2.75, 3.05) is 59.5 Å². The molecule has 0 aromatic rings. The second kappa shape index (κ2) is 14.4. The van der Waals surface area contributed by atoms with E-state index in [1.165, 1.54) is 0 Å². The lowest BCUT2D eigenvalue weighted by atomic mass is 10.2. The van der Waals surface area contributed by atoms with Gasteiger partial charge in [-0.1, -0.05) is 6.58 Å². The van der Waals surface area contributed by atoms with Crippen molar-refractivity contribution in [3.63, 3.8) is 0 Å². The van der Waals surface area contributed by atoms with Crippen molar-refractivity contribution in [3.05, 3.63) is 12.2 Å². The average Bonchev–Trinajstić information content (AvgIpc) is 2.59. The van der Waals surface area contributed by atoms with Gasteiger partial charge in [-0.3, -0.25) is 0 Å². The third-order valence-electron chi connectivity index (χ3n) is 3.22. The largest absolute Gasteiger partial charge is 0.460 e. The predicted octanol–water partition coefficient (Wildman–Crippen LogP) is 1.70. The van der Waals surface area contributed by atoms with Crippen LogP contribution in [0.1, 0.15) is 26.2 Å². The number of hydrogen-bond donors (Lipinski definition) is 0. The standard InChI is InChI=1S/C17H30O7/c1-15(2)17(18)24-14-12-21-10-8-19-7-9-20-11-13-23-16-5-3-4-6-22-16/h16H,1,3-14H2,2H3. The normalized spacial score (nSPS) is 17.6. The molecule has 1 unspecified atom stereocenters. The van der Waals surface area contributed by atoms with Gasteiger partial charge in [0.15, 0.2) is 6.29 Å². The Morgan fingerprint density at radius 2 is 1.54 bits per heavy atom. The first-order valence-corrected chi connectivity index (χ1v) is 8.49. The van der Waals surface area contributed by atoms with Gasteiger partial charge in [-0.05, 0) is 26.2 Å². The van der Waals surface area contributed by atoms with E-state index in [2.05, 4.69) is 6.58 Å². The first kappa shape index (κ1) is 21.1. The first-order chi connectivity index (χ1) is 11.7. The van der Waals surface area contributed by atoms with Crippen molar-refractivity contribution in [2.45, 2.75) is 32.5 Å². The Hall–Kier alpha value is -0.990. The fourth-order valence-electron chi connectivity index (χ4n) is 1.94. The quantitative estimate of drug-likeness (QED) is 0.269. The van der Waals surface area contributed by atoms with Crippen LogP contribution in [-0.4, -0.2) is 71.7 Å². The minimum atomic E-state index is -0.397. The molecule has 0 N–H and O–H groups in total. The van der Waals surface area contributed by atoms with Crippen LogP contribution in [0, 0.1) is 0 Å². The maximum Gasteiger partial charge on any atom is 0.333 e. The Labute approximate surface area is 144 Å². The van der Waals surface area contributed by atoms with Crippen molar-refractivity contribution < 1.29 is 33.2 Å². The number of carbonyl (C=O) groups is 1. The Morgan fingerprint density at radius 1 is 0.958 bits per heavy atom. The third-order valence-corrected chi connectivity index (χ3v) is 3.22. The highest BCUT2D eigenvalue weighted by atomic mass is 16.7. The molecule has 1 aliphatic rings. The zero-order chi connectivity index (χ0) is 17.5. The molecule has 140 valence electrons. The molecule has 0 saturated carbocycles. The van der Waals surface area contributed by atoms with Crippen molar-refractivity contribution >= 4 is 5.97 Å². The topological polar surface area (TPSA) is 72.5 Å². The summed E-state index contributed by atoms with van der Waals surface area (Å²) in [5.74, 6) is -0.397. The van der Waals surface area contributed by atoms with E-state index in [1.54, 1.807) is 6.92 Å². The van der Waals surface area contributed by atoms with E-state index in [9.17, 15) is 4.79 Å². The molecule has 7 nitrogen and oxygen atoms in total. The molecule has 0 amide bonds. The number of hydrogen-bond acceptors (Lipinski definition) is 7. The van der Waals surface area contributed by atoms with Crippen LogP contribution in [0.3, 0.4) is 0 Å². The Kier molecular flexibility index (Phi) is 12.6. The number of ether oxygens (including phenoxy) is 6. The lowest BCUT2D eigenvalue weighted by molar-refractivity contribution is -0.169. The zero-order valence-corrected chi connectivity index (χ0v) is 14.6. The van der Waals surface area contributed by atoms with Gasteiger partial charge in [0.05, 0.1) is 46.2 Å². The molecule has 0 aromatic carbocycles. The number of rotatable bonds is 14. The Balaban J connectivity index is 1.73. The van der Waals surface area contributed by atoms with Crippen LogP contribution in [0.15, 0.2) is 12.2 Å². The summed E-state index contributed by atoms with van der Waals surface area (Å²) < 4.78 is 31.9. The molecule has 1 heterocycles. The SMILES string of the molecule is C=C(C)C(=O)OCCOCCOCCOCCOC1CCCCO1. The lowest BCUT2D eigenvalue weighted by Gasteiger charge is -2.22. The summed E-state index contributed by atoms with van der Waals surface area (Å²) in [4.78, 5) is 11.1. The summed E-state index contributed by atoms with van der Waals surface area (Å²) >= 11 is 0. The van der Waals surface area contributed by atoms with Gasteiger partial charge >= 0.3 is 5.97 Å². The lowest BCUT2D eigenvalue weighted by Crippen LogP contribution is -2.24. The highest BCUT2D eigenvalue weighted by Crippen LogP contribution is 2.13. The zero-order valence-electron chi connectivity index (χ0n) is 14.6. The molecule has 24 heavy (non-hydrogen) atoms. The van der Waals surface area contributed by atoms with E-state index >= 15 is 0 Å². The fraction of sp³-hybridized carbons (Fsp3) is 0.824. The maximum absolute atomic E-state index is 11.1. The van der Waals surface area contributed by atoms with Gasteiger partial charge < -0.3 is 28.4 Å². The van der Waals surface area contributed by atoms with Crippen molar-refractivity contribution in [1.29, 1.82) is 0 Å². The molecule has 1 saturated heterocycles. The van der Waals surface area contributed by atoms with Crippen LogP contribution in [0.2, 0.25) is 0 Å². The van der Waals surface area contributed by atoms with Gasteiger partial charge in [0.2, 0.25) is 0 Å². The Bertz CT molecular complexity index is 340. The summed E-state index contributed by atoms with van der Waals surface area (Å²) in [5, 5.41) is 0. The van der Waals surface area contributed by atoms with Gasteiger partial charge in [0, 0.05) is 12.2 Å². The molecular weight excluding hydrogens is 316 g/mol. The third kappa shape index (κ3) is 11.5. The minimum absolute atomic E-state index is 0.0644. The average molecular weight is 346 g/mol. The summed E-state index contributed by atoms with van der Waals surface area (Å²) in [5.41, 5.74) is 0.384. The molecule has 1 fully saturated rings.